The lowest BCUT2D eigenvalue weighted by Gasteiger charge is -2.11. The van der Waals surface area contributed by atoms with E-state index in [0.717, 1.165) is 5.56 Å². The zero-order valence-electron chi connectivity index (χ0n) is 8.46. The highest BCUT2D eigenvalue weighted by Crippen LogP contribution is 2.30. The maximum absolute atomic E-state index is 13.2. The molecule has 0 bridgehead atoms. The number of hydrogen-bond acceptors (Lipinski definition) is 2. The van der Waals surface area contributed by atoms with E-state index in [1.807, 2.05) is 0 Å². The van der Waals surface area contributed by atoms with Gasteiger partial charge in [-0.05, 0) is 30.2 Å². The molecular formula is C11H9BrFNO2. The summed E-state index contributed by atoms with van der Waals surface area (Å²) in [5, 5.41) is 2.21. The van der Waals surface area contributed by atoms with Crippen LogP contribution in [0.4, 0.5) is 4.39 Å². The van der Waals surface area contributed by atoms with Crippen LogP contribution in [-0.2, 0) is 9.59 Å². The second kappa shape index (κ2) is 3.97. The Kier molecular flexibility index (Phi) is 2.80. The Morgan fingerprint density at radius 1 is 1.25 bits per heavy atom. The summed E-state index contributed by atoms with van der Waals surface area (Å²) in [4.78, 5) is 22.2. The molecule has 1 aliphatic rings. The molecule has 1 saturated heterocycles. The molecule has 1 aromatic rings. The van der Waals surface area contributed by atoms with Gasteiger partial charge in [0.2, 0.25) is 11.8 Å². The molecule has 2 amide bonds. The maximum atomic E-state index is 13.2. The Bertz CT molecular complexity index is 455. The maximum Gasteiger partial charge on any atom is 0.241 e. The third-order valence-corrected chi connectivity index (χ3v) is 3.44. The first-order valence-electron chi connectivity index (χ1n) is 4.75. The number of aryl methyl sites for hydroxylation is 1. The van der Waals surface area contributed by atoms with E-state index in [9.17, 15) is 14.0 Å². The first kappa shape index (κ1) is 11.3. The summed E-state index contributed by atoms with van der Waals surface area (Å²) in [6.45, 7) is 1.74. The smallest absolute Gasteiger partial charge is 0.241 e. The number of rotatable bonds is 1. The number of carbonyl (C=O) groups is 2. The molecule has 5 heteroatoms. The number of nitrogens with one attached hydrogen (secondary N) is 1. The van der Waals surface area contributed by atoms with Crippen molar-refractivity contribution in [2.75, 3.05) is 0 Å². The van der Waals surface area contributed by atoms with E-state index in [0.29, 0.717) is 5.56 Å². The number of imide groups is 1. The van der Waals surface area contributed by atoms with E-state index in [1.165, 1.54) is 12.1 Å². The number of carbonyl (C=O) groups excluding carboxylic acids is 2. The van der Waals surface area contributed by atoms with Gasteiger partial charge in [-0.2, -0.15) is 0 Å². The van der Waals surface area contributed by atoms with Crippen LogP contribution in [0.1, 0.15) is 17.0 Å². The standard InChI is InChI=1S/C11H9BrFNO2/c1-5-2-6(4-7(13)3-5)8-9(12)11(16)14-10(8)15/h2-4,8-9H,1H3,(H,14,15,16). The number of amides is 2. The molecule has 84 valence electrons. The molecule has 0 saturated carbocycles. The summed E-state index contributed by atoms with van der Waals surface area (Å²) in [6.07, 6.45) is 0. The van der Waals surface area contributed by atoms with Gasteiger partial charge in [-0.3, -0.25) is 14.9 Å². The van der Waals surface area contributed by atoms with Crippen molar-refractivity contribution >= 4 is 27.7 Å². The average molecular weight is 286 g/mol. The second-order valence-corrected chi connectivity index (χ2v) is 4.78. The van der Waals surface area contributed by atoms with Crippen LogP contribution in [0.2, 0.25) is 0 Å². The second-order valence-electron chi connectivity index (χ2n) is 3.79. The van der Waals surface area contributed by atoms with E-state index in [-0.39, 0.29) is 5.91 Å². The van der Waals surface area contributed by atoms with Crippen LogP contribution in [0.15, 0.2) is 18.2 Å². The van der Waals surface area contributed by atoms with E-state index in [4.69, 9.17) is 0 Å². The van der Waals surface area contributed by atoms with Gasteiger partial charge in [-0.25, -0.2) is 4.39 Å². The number of benzene rings is 1. The van der Waals surface area contributed by atoms with Crippen LogP contribution in [0.5, 0.6) is 0 Å². The van der Waals surface area contributed by atoms with Gasteiger partial charge in [0.25, 0.3) is 0 Å². The van der Waals surface area contributed by atoms with Crippen molar-refractivity contribution in [2.24, 2.45) is 0 Å². The Morgan fingerprint density at radius 2 is 1.94 bits per heavy atom. The van der Waals surface area contributed by atoms with Crippen LogP contribution in [-0.4, -0.2) is 16.6 Å². The van der Waals surface area contributed by atoms with Crippen molar-refractivity contribution in [3.63, 3.8) is 0 Å². The highest BCUT2D eigenvalue weighted by molar-refractivity contribution is 9.10. The quantitative estimate of drug-likeness (QED) is 0.630. The minimum absolute atomic E-state index is 0.378. The van der Waals surface area contributed by atoms with Crippen molar-refractivity contribution in [1.29, 1.82) is 0 Å². The fourth-order valence-electron chi connectivity index (χ4n) is 1.82. The molecule has 1 fully saturated rings. The Hall–Kier alpha value is -1.23. The lowest BCUT2D eigenvalue weighted by atomic mass is 9.96. The van der Waals surface area contributed by atoms with Gasteiger partial charge in [0.1, 0.15) is 10.6 Å². The molecule has 3 nitrogen and oxygen atoms in total. The monoisotopic (exact) mass is 285 g/mol. The highest BCUT2D eigenvalue weighted by Gasteiger charge is 2.41. The molecule has 0 aromatic heterocycles. The highest BCUT2D eigenvalue weighted by atomic mass is 79.9. The largest absolute Gasteiger partial charge is 0.295 e. The fraction of sp³-hybridized carbons (Fsp3) is 0.273. The van der Waals surface area contributed by atoms with Gasteiger partial charge in [0.15, 0.2) is 0 Å². The van der Waals surface area contributed by atoms with Crippen LogP contribution < -0.4 is 5.32 Å². The summed E-state index contributed by atoms with van der Waals surface area (Å²) >= 11 is 3.14. The first-order valence-corrected chi connectivity index (χ1v) is 5.66. The molecule has 16 heavy (non-hydrogen) atoms. The van der Waals surface area contributed by atoms with E-state index in [1.54, 1.807) is 13.0 Å². The van der Waals surface area contributed by atoms with Crippen LogP contribution in [0.25, 0.3) is 0 Å². The Morgan fingerprint density at radius 3 is 2.44 bits per heavy atom. The molecule has 1 aromatic carbocycles. The van der Waals surface area contributed by atoms with E-state index >= 15 is 0 Å². The third-order valence-electron chi connectivity index (χ3n) is 2.50. The minimum Gasteiger partial charge on any atom is -0.295 e. The van der Waals surface area contributed by atoms with Crippen LogP contribution >= 0.6 is 15.9 Å². The Balaban J connectivity index is 2.44. The van der Waals surface area contributed by atoms with Crippen LogP contribution in [0, 0.1) is 12.7 Å². The summed E-state index contributed by atoms with van der Waals surface area (Å²) in [5.41, 5.74) is 1.24. The molecule has 2 rings (SSSR count). The van der Waals surface area contributed by atoms with Crippen LogP contribution in [0.3, 0.4) is 0 Å². The van der Waals surface area contributed by atoms with Crippen molar-refractivity contribution in [3.05, 3.63) is 35.1 Å². The van der Waals surface area contributed by atoms with Gasteiger partial charge in [0.05, 0.1) is 5.92 Å². The average Bonchev–Trinajstić information content (AvgIpc) is 2.39. The van der Waals surface area contributed by atoms with Gasteiger partial charge in [-0.15, -0.1) is 0 Å². The lowest BCUT2D eigenvalue weighted by Crippen LogP contribution is -2.22. The lowest BCUT2D eigenvalue weighted by molar-refractivity contribution is -0.125. The minimum atomic E-state index is -0.651. The van der Waals surface area contributed by atoms with Gasteiger partial charge in [0, 0.05) is 0 Å². The van der Waals surface area contributed by atoms with E-state index in [2.05, 4.69) is 21.2 Å². The number of alkyl halides is 1. The molecule has 2 atom stereocenters. The normalized spacial score (nSPS) is 24.7. The molecule has 0 spiro atoms. The summed E-state index contributed by atoms with van der Waals surface area (Å²) < 4.78 is 13.2. The molecule has 0 radical (unpaired) electrons. The summed E-state index contributed by atoms with van der Waals surface area (Å²) in [6, 6.07) is 4.37. The molecule has 1 aliphatic heterocycles. The zero-order valence-corrected chi connectivity index (χ0v) is 10.0. The van der Waals surface area contributed by atoms with Crippen molar-refractivity contribution in [2.45, 2.75) is 17.7 Å². The SMILES string of the molecule is Cc1cc(F)cc(C2C(=O)NC(=O)C2Br)c1. The zero-order chi connectivity index (χ0) is 11.9. The van der Waals surface area contributed by atoms with Crippen molar-refractivity contribution in [1.82, 2.24) is 5.32 Å². The topological polar surface area (TPSA) is 46.2 Å². The molecular weight excluding hydrogens is 277 g/mol. The number of hydrogen-bond donors (Lipinski definition) is 1. The predicted octanol–water partition coefficient (Wildman–Crippen LogP) is 1.64. The predicted molar refractivity (Wildman–Crippen MR) is 59.7 cm³/mol. The van der Waals surface area contributed by atoms with Crippen molar-refractivity contribution < 1.29 is 14.0 Å². The van der Waals surface area contributed by atoms with Gasteiger partial charge >= 0.3 is 0 Å². The Labute approximate surface area is 100 Å². The molecule has 2 unspecified atom stereocenters. The van der Waals surface area contributed by atoms with Gasteiger partial charge < -0.3 is 0 Å². The van der Waals surface area contributed by atoms with E-state index < -0.39 is 22.5 Å². The molecule has 1 heterocycles. The van der Waals surface area contributed by atoms with Crippen molar-refractivity contribution in [3.8, 4) is 0 Å². The molecule has 1 N–H and O–H groups in total. The summed E-state index contributed by atoms with van der Waals surface area (Å²) in [5.74, 6) is -1.82. The number of halogens is 2. The fourth-order valence-corrected chi connectivity index (χ4v) is 2.48. The first-order chi connectivity index (χ1) is 7.49. The summed E-state index contributed by atoms with van der Waals surface area (Å²) in [7, 11) is 0. The molecule has 0 aliphatic carbocycles. The third kappa shape index (κ3) is 1.87. The van der Waals surface area contributed by atoms with Gasteiger partial charge in [-0.1, -0.05) is 22.0 Å².